The van der Waals surface area contributed by atoms with Crippen LogP contribution in [0.3, 0.4) is 0 Å². The van der Waals surface area contributed by atoms with Gasteiger partial charge in [0.15, 0.2) is 0 Å². The summed E-state index contributed by atoms with van der Waals surface area (Å²) in [7, 11) is -2.02. The molecule has 18 heavy (non-hydrogen) atoms. The molecule has 100 valence electrons. The van der Waals surface area contributed by atoms with E-state index in [1.54, 1.807) is 0 Å². The second-order valence-corrected chi connectivity index (χ2v) is 5.36. The highest BCUT2D eigenvalue weighted by molar-refractivity contribution is 7.89. The van der Waals surface area contributed by atoms with E-state index in [9.17, 15) is 13.2 Å². The molecule has 0 bridgehead atoms. The molecule has 0 atom stereocenters. The van der Waals surface area contributed by atoms with E-state index in [1.165, 1.54) is 38.3 Å². The Bertz CT molecular complexity index is 496. The molecular weight excluding hydrogens is 256 g/mol. The Labute approximate surface area is 106 Å². The van der Waals surface area contributed by atoms with Crippen molar-refractivity contribution in [3.63, 3.8) is 0 Å². The largest absolute Gasteiger partial charge is 0.383 e. The number of amides is 1. The summed E-state index contributed by atoms with van der Waals surface area (Å²) in [5.41, 5.74) is 0.554. The van der Waals surface area contributed by atoms with Crippen molar-refractivity contribution >= 4 is 21.6 Å². The van der Waals surface area contributed by atoms with Crippen LogP contribution < -0.4 is 10.0 Å². The Balaban J connectivity index is 2.74. The maximum atomic E-state index is 11.8. The van der Waals surface area contributed by atoms with Crippen molar-refractivity contribution in [1.82, 2.24) is 4.72 Å². The maximum absolute atomic E-state index is 11.8. The first-order valence-electron chi connectivity index (χ1n) is 5.32. The zero-order chi connectivity index (χ0) is 13.6. The van der Waals surface area contributed by atoms with Gasteiger partial charge in [0.1, 0.15) is 0 Å². The van der Waals surface area contributed by atoms with Gasteiger partial charge in [0, 0.05) is 26.3 Å². The third-order valence-corrected chi connectivity index (χ3v) is 3.56. The minimum atomic E-state index is -3.52. The lowest BCUT2D eigenvalue weighted by Gasteiger charge is -2.07. The fourth-order valence-electron chi connectivity index (χ4n) is 1.28. The molecule has 0 radical (unpaired) electrons. The van der Waals surface area contributed by atoms with E-state index in [0.29, 0.717) is 12.3 Å². The van der Waals surface area contributed by atoms with Crippen LogP contribution >= 0.6 is 0 Å². The first-order valence-corrected chi connectivity index (χ1v) is 6.80. The highest BCUT2D eigenvalue weighted by Gasteiger charge is 2.12. The van der Waals surface area contributed by atoms with Gasteiger partial charge in [-0.3, -0.25) is 4.79 Å². The molecule has 7 heteroatoms. The summed E-state index contributed by atoms with van der Waals surface area (Å²) in [6.45, 7) is 1.91. The van der Waals surface area contributed by atoms with Gasteiger partial charge in [-0.2, -0.15) is 0 Å². The van der Waals surface area contributed by atoms with Crippen LogP contribution in [0.25, 0.3) is 0 Å². The van der Waals surface area contributed by atoms with Gasteiger partial charge in [0.2, 0.25) is 15.9 Å². The van der Waals surface area contributed by atoms with E-state index in [1.807, 2.05) is 0 Å². The normalized spacial score (nSPS) is 11.2. The summed E-state index contributed by atoms with van der Waals surface area (Å²) in [4.78, 5) is 11.0. The van der Waals surface area contributed by atoms with Crippen LogP contribution in [-0.4, -0.2) is 34.6 Å². The lowest BCUT2D eigenvalue weighted by Crippen LogP contribution is -2.27. The monoisotopic (exact) mass is 272 g/mol. The van der Waals surface area contributed by atoms with Gasteiger partial charge < -0.3 is 10.1 Å². The number of rotatable bonds is 6. The van der Waals surface area contributed by atoms with Crippen molar-refractivity contribution in [1.29, 1.82) is 0 Å². The molecule has 6 nitrogen and oxygen atoms in total. The van der Waals surface area contributed by atoms with Gasteiger partial charge in [-0.25, -0.2) is 13.1 Å². The van der Waals surface area contributed by atoms with Crippen LogP contribution in [0.1, 0.15) is 6.92 Å². The second kappa shape index (κ2) is 6.48. The molecule has 1 amide bonds. The molecule has 0 spiro atoms. The number of hydrogen-bond acceptors (Lipinski definition) is 4. The standard InChI is InChI=1S/C11H16N2O4S/c1-9(14)13-10-3-5-11(6-4-10)18(15,16)12-7-8-17-2/h3-6,12H,7-8H2,1-2H3,(H,13,14). The molecular formula is C11H16N2O4S. The van der Waals surface area contributed by atoms with Crippen LogP contribution in [0.2, 0.25) is 0 Å². The van der Waals surface area contributed by atoms with E-state index in [2.05, 4.69) is 10.0 Å². The molecule has 0 unspecified atom stereocenters. The number of carbonyl (C=O) groups is 1. The molecule has 0 fully saturated rings. The van der Waals surface area contributed by atoms with Gasteiger partial charge in [-0.05, 0) is 24.3 Å². The molecule has 0 saturated heterocycles. The molecule has 0 aliphatic heterocycles. The van der Waals surface area contributed by atoms with Crippen LogP contribution in [0.4, 0.5) is 5.69 Å². The van der Waals surface area contributed by atoms with Crippen LogP contribution in [0.5, 0.6) is 0 Å². The third-order valence-electron chi connectivity index (χ3n) is 2.08. The molecule has 0 aromatic heterocycles. The summed E-state index contributed by atoms with van der Waals surface area (Å²) in [5.74, 6) is -0.205. The SMILES string of the molecule is COCCNS(=O)(=O)c1ccc(NC(C)=O)cc1. The number of sulfonamides is 1. The Morgan fingerprint density at radius 1 is 1.28 bits per heavy atom. The minimum Gasteiger partial charge on any atom is -0.383 e. The van der Waals surface area contributed by atoms with Crippen LogP contribution in [0.15, 0.2) is 29.2 Å². The number of carbonyl (C=O) groups excluding carboxylic acids is 1. The average molecular weight is 272 g/mol. The van der Waals surface area contributed by atoms with Crippen molar-refractivity contribution in [3.05, 3.63) is 24.3 Å². The number of hydrogen-bond donors (Lipinski definition) is 2. The minimum absolute atomic E-state index is 0.146. The van der Waals surface area contributed by atoms with Gasteiger partial charge >= 0.3 is 0 Å². The average Bonchev–Trinajstić information content (AvgIpc) is 2.29. The van der Waals surface area contributed by atoms with Crippen LogP contribution in [0, 0.1) is 0 Å². The number of benzene rings is 1. The van der Waals surface area contributed by atoms with Crippen molar-refractivity contribution in [2.75, 3.05) is 25.6 Å². The van der Waals surface area contributed by atoms with Crippen molar-refractivity contribution in [3.8, 4) is 0 Å². The van der Waals surface area contributed by atoms with Gasteiger partial charge in [-0.1, -0.05) is 0 Å². The first kappa shape index (κ1) is 14.6. The highest BCUT2D eigenvalue weighted by atomic mass is 32.2. The first-order chi connectivity index (χ1) is 8.45. The van der Waals surface area contributed by atoms with Gasteiger partial charge in [-0.15, -0.1) is 0 Å². The third kappa shape index (κ3) is 4.44. The molecule has 0 saturated carbocycles. The lowest BCUT2D eigenvalue weighted by molar-refractivity contribution is -0.114. The number of ether oxygens (including phenoxy) is 1. The lowest BCUT2D eigenvalue weighted by atomic mass is 10.3. The quantitative estimate of drug-likeness (QED) is 0.741. The molecule has 1 aromatic carbocycles. The zero-order valence-corrected chi connectivity index (χ0v) is 11.1. The maximum Gasteiger partial charge on any atom is 0.240 e. The smallest absolute Gasteiger partial charge is 0.240 e. The van der Waals surface area contributed by atoms with E-state index < -0.39 is 10.0 Å². The van der Waals surface area contributed by atoms with Gasteiger partial charge in [0.05, 0.1) is 11.5 Å². The molecule has 1 rings (SSSR count). The summed E-state index contributed by atoms with van der Waals surface area (Å²) < 4.78 is 30.7. The molecule has 0 aliphatic rings. The Kier molecular flexibility index (Phi) is 5.26. The van der Waals surface area contributed by atoms with Crippen molar-refractivity contribution in [2.24, 2.45) is 0 Å². The molecule has 0 aliphatic carbocycles. The molecule has 0 heterocycles. The predicted molar refractivity (Wildman–Crippen MR) is 67.8 cm³/mol. The Hall–Kier alpha value is -1.44. The summed E-state index contributed by atoms with van der Waals surface area (Å²) in [5, 5.41) is 2.56. The van der Waals surface area contributed by atoms with Crippen molar-refractivity contribution in [2.45, 2.75) is 11.8 Å². The molecule has 1 aromatic rings. The number of methoxy groups -OCH3 is 1. The fraction of sp³-hybridized carbons (Fsp3) is 0.364. The van der Waals surface area contributed by atoms with E-state index in [-0.39, 0.29) is 17.3 Å². The highest BCUT2D eigenvalue weighted by Crippen LogP contribution is 2.13. The zero-order valence-electron chi connectivity index (χ0n) is 10.3. The van der Waals surface area contributed by atoms with E-state index in [4.69, 9.17) is 4.74 Å². The molecule has 2 N–H and O–H groups in total. The van der Waals surface area contributed by atoms with E-state index in [0.717, 1.165) is 0 Å². The summed E-state index contributed by atoms with van der Waals surface area (Å²) in [6.07, 6.45) is 0. The van der Waals surface area contributed by atoms with Crippen molar-refractivity contribution < 1.29 is 17.9 Å². The summed E-state index contributed by atoms with van der Waals surface area (Å²) >= 11 is 0. The van der Waals surface area contributed by atoms with Crippen LogP contribution in [-0.2, 0) is 19.6 Å². The number of anilines is 1. The Morgan fingerprint density at radius 2 is 1.89 bits per heavy atom. The number of nitrogens with one attached hydrogen (secondary N) is 2. The predicted octanol–water partition coefficient (Wildman–Crippen LogP) is 0.570. The second-order valence-electron chi connectivity index (χ2n) is 3.60. The topological polar surface area (TPSA) is 84.5 Å². The summed E-state index contributed by atoms with van der Waals surface area (Å²) in [6, 6.07) is 5.93. The van der Waals surface area contributed by atoms with E-state index >= 15 is 0 Å². The Morgan fingerprint density at radius 3 is 2.39 bits per heavy atom. The fourth-order valence-corrected chi connectivity index (χ4v) is 2.30. The van der Waals surface area contributed by atoms with Gasteiger partial charge in [0.25, 0.3) is 0 Å².